The lowest BCUT2D eigenvalue weighted by molar-refractivity contribution is -0.131. The van der Waals surface area contributed by atoms with Crippen LogP contribution in [-0.4, -0.2) is 29.4 Å². The Balaban J connectivity index is 1.71. The summed E-state index contributed by atoms with van der Waals surface area (Å²) in [6.45, 7) is 3.04. The monoisotopic (exact) mass is 258 g/mol. The topological polar surface area (TPSA) is 32.3 Å². The fourth-order valence-electron chi connectivity index (χ4n) is 3.01. The number of carbonyl (C=O) groups is 1. The van der Waals surface area contributed by atoms with Crippen LogP contribution in [0.15, 0.2) is 30.3 Å². The second-order valence-electron chi connectivity index (χ2n) is 5.65. The third-order valence-electron chi connectivity index (χ3n) is 4.20. The fraction of sp³-hybridized carbons (Fsp3) is 0.562. The molecule has 1 aliphatic heterocycles. The molecule has 1 N–H and O–H groups in total. The summed E-state index contributed by atoms with van der Waals surface area (Å²) in [5, 5.41) is 3.47. The highest BCUT2D eigenvalue weighted by Crippen LogP contribution is 2.30. The number of amides is 1. The van der Waals surface area contributed by atoms with Crippen molar-refractivity contribution < 1.29 is 4.79 Å². The highest BCUT2D eigenvalue weighted by molar-refractivity contribution is 5.84. The van der Waals surface area contributed by atoms with Gasteiger partial charge in [-0.05, 0) is 31.2 Å². The molecule has 1 aromatic carbocycles. The number of nitrogens with one attached hydrogen (secondary N) is 1. The molecule has 0 bridgehead atoms. The van der Waals surface area contributed by atoms with Crippen molar-refractivity contribution in [3.63, 3.8) is 0 Å². The molecular weight excluding hydrogens is 236 g/mol. The molecule has 1 aromatic rings. The van der Waals surface area contributed by atoms with E-state index in [2.05, 4.69) is 41.4 Å². The summed E-state index contributed by atoms with van der Waals surface area (Å²) in [4.78, 5) is 14.6. The molecule has 3 rings (SSSR count). The summed E-state index contributed by atoms with van der Waals surface area (Å²) in [5.41, 5.74) is 1.26. The van der Waals surface area contributed by atoms with Gasteiger partial charge in [0.2, 0.25) is 5.91 Å². The third-order valence-corrected chi connectivity index (χ3v) is 4.20. The van der Waals surface area contributed by atoms with Gasteiger partial charge in [0, 0.05) is 12.6 Å². The minimum absolute atomic E-state index is 0.0604. The van der Waals surface area contributed by atoms with E-state index in [0.717, 1.165) is 19.4 Å². The first kappa shape index (κ1) is 12.7. The molecule has 2 aliphatic rings. The van der Waals surface area contributed by atoms with Crippen LogP contribution in [0.4, 0.5) is 0 Å². The van der Waals surface area contributed by atoms with Gasteiger partial charge in [0.1, 0.15) is 0 Å². The number of nitrogens with zero attached hydrogens (tertiary/aromatic N) is 1. The molecule has 102 valence electrons. The SMILES string of the molecule is CCC(c1ccccc1)N1CCC(NC2CC2)C1=O. The molecule has 3 nitrogen and oxygen atoms in total. The van der Waals surface area contributed by atoms with Crippen LogP contribution in [0.2, 0.25) is 0 Å². The summed E-state index contributed by atoms with van der Waals surface area (Å²) in [6, 6.07) is 11.3. The average molecular weight is 258 g/mol. The van der Waals surface area contributed by atoms with Crippen molar-refractivity contribution in [2.45, 2.75) is 50.7 Å². The molecule has 0 radical (unpaired) electrons. The van der Waals surface area contributed by atoms with E-state index in [1.54, 1.807) is 0 Å². The summed E-state index contributed by atoms with van der Waals surface area (Å²) in [6.07, 6.45) is 4.41. The molecule has 2 fully saturated rings. The lowest BCUT2D eigenvalue weighted by Gasteiger charge is -2.27. The van der Waals surface area contributed by atoms with Gasteiger partial charge in [-0.15, -0.1) is 0 Å². The molecule has 2 atom stereocenters. The number of carbonyl (C=O) groups excluding carboxylic acids is 1. The number of hydrogen-bond donors (Lipinski definition) is 1. The van der Waals surface area contributed by atoms with Gasteiger partial charge in [-0.2, -0.15) is 0 Å². The van der Waals surface area contributed by atoms with Crippen LogP contribution in [0.1, 0.15) is 44.2 Å². The van der Waals surface area contributed by atoms with E-state index in [0.29, 0.717) is 11.9 Å². The van der Waals surface area contributed by atoms with Crippen molar-refractivity contribution in [1.29, 1.82) is 0 Å². The number of likely N-dealkylation sites (tertiary alicyclic amines) is 1. The first-order valence-electron chi connectivity index (χ1n) is 7.41. The molecule has 1 saturated heterocycles. The average Bonchev–Trinajstić information content (AvgIpc) is 3.19. The highest BCUT2D eigenvalue weighted by Gasteiger charge is 2.38. The lowest BCUT2D eigenvalue weighted by atomic mass is 10.0. The minimum Gasteiger partial charge on any atom is -0.334 e. The van der Waals surface area contributed by atoms with E-state index in [-0.39, 0.29) is 12.1 Å². The Kier molecular flexibility index (Phi) is 3.56. The molecule has 3 heteroatoms. The minimum atomic E-state index is 0.0604. The first-order chi connectivity index (χ1) is 9.29. The quantitative estimate of drug-likeness (QED) is 0.880. The molecule has 1 saturated carbocycles. The highest BCUT2D eigenvalue weighted by atomic mass is 16.2. The van der Waals surface area contributed by atoms with Gasteiger partial charge in [-0.3, -0.25) is 4.79 Å². The Bertz CT molecular complexity index is 441. The van der Waals surface area contributed by atoms with Crippen molar-refractivity contribution in [2.75, 3.05) is 6.54 Å². The zero-order valence-corrected chi connectivity index (χ0v) is 11.5. The van der Waals surface area contributed by atoms with Crippen LogP contribution >= 0.6 is 0 Å². The van der Waals surface area contributed by atoms with Gasteiger partial charge in [0.25, 0.3) is 0 Å². The van der Waals surface area contributed by atoms with Gasteiger partial charge in [-0.25, -0.2) is 0 Å². The van der Waals surface area contributed by atoms with E-state index in [9.17, 15) is 4.79 Å². The zero-order chi connectivity index (χ0) is 13.2. The van der Waals surface area contributed by atoms with Crippen molar-refractivity contribution in [2.24, 2.45) is 0 Å². The Morgan fingerprint density at radius 3 is 2.63 bits per heavy atom. The largest absolute Gasteiger partial charge is 0.334 e. The van der Waals surface area contributed by atoms with Crippen LogP contribution < -0.4 is 5.32 Å². The van der Waals surface area contributed by atoms with E-state index < -0.39 is 0 Å². The summed E-state index contributed by atoms with van der Waals surface area (Å²) >= 11 is 0. The summed E-state index contributed by atoms with van der Waals surface area (Å²) in [5.74, 6) is 0.294. The second-order valence-corrected chi connectivity index (χ2v) is 5.65. The third kappa shape index (κ3) is 2.66. The molecule has 1 heterocycles. The Morgan fingerprint density at radius 2 is 2.00 bits per heavy atom. The van der Waals surface area contributed by atoms with Crippen LogP contribution in [0, 0.1) is 0 Å². The van der Waals surface area contributed by atoms with Gasteiger partial charge in [0.05, 0.1) is 12.1 Å². The normalized spacial score (nSPS) is 24.8. The van der Waals surface area contributed by atoms with E-state index in [4.69, 9.17) is 0 Å². The second kappa shape index (κ2) is 5.33. The Hall–Kier alpha value is -1.35. The van der Waals surface area contributed by atoms with Gasteiger partial charge in [-0.1, -0.05) is 37.3 Å². The van der Waals surface area contributed by atoms with E-state index >= 15 is 0 Å². The van der Waals surface area contributed by atoms with Crippen molar-refractivity contribution in [3.8, 4) is 0 Å². The van der Waals surface area contributed by atoms with Crippen LogP contribution in [0.3, 0.4) is 0 Å². The molecule has 1 aliphatic carbocycles. The lowest BCUT2D eigenvalue weighted by Crippen LogP contribution is -2.40. The smallest absolute Gasteiger partial charge is 0.240 e. The fourth-order valence-corrected chi connectivity index (χ4v) is 3.01. The van der Waals surface area contributed by atoms with Crippen molar-refractivity contribution in [1.82, 2.24) is 10.2 Å². The molecule has 1 amide bonds. The van der Waals surface area contributed by atoms with Crippen LogP contribution in [0.5, 0.6) is 0 Å². The maximum absolute atomic E-state index is 12.5. The van der Waals surface area contributed by atoms with Crippen LogP contribution in [-0.2, 0) is 4.79 Å². The molecule has 19 heavy (non-hydrogen) atoms. The standard InChI is InChI=1S/C16H22N2O/c1-2-15(12-6-4-3-5-7-12)18-11-10-14(16(18)19)17-13-8-9-13/h3-7,13-15,17H,2,8-11H2,1H3. The van der Waals surface area contributed by atoms with Gasteiger partial charge < -0.3 is 10.2 Å². The number of benzene rings is 1. The number of hydrogen-bond acceptors (Lipinski definition) is 2. The van der Waals surface area contributed by atoms with E-state index in [1.165, 1.54) is 18.4 Å². The van der Waals surface area contributed by atoms with Crippen molar-refractivity contribution in [3.05, 3.63) is 35.9 Å². The molecule has 2 unspecified atom stereocenters. The summed E-state index contributed by atoms with van der Waals surface area (Å²) in [7, 11) is 0. The number of rotatable bonds is 5. The van der Waals surface area contributed by atoms with Crippen LogP contribution in [0.25, 0.3) is 0 Å². The Labute approximate surface area is 115 Å². The first-order valence-corrected chi connectivity index (χ1v) is 7.41. The molecule has 0 aromatic heterocycles. The van der Waals surface area contributed by atoms with E-state index in [1.807, 2.05) is 6.07 Å². The summed E-state index contributed by atoms with van der Waals surface area (Å²) < 4.78 is 0. The molecule has 0 spiro atoms. The van der Waals surface area contributed by atoms with Gasteiger partial charge in [0.15, 0.2) is 0 Å². The maximum Gasteiger partial charge on any atom is 0.240 e. The zero-order valence-electron chi connectivity index (χ0n) is 11.5. The predicted octanol–water partition coefficient (Wildman–Crippen LogP) is 2.49. The Morgan fingerprint density at radius 1 is 1.26 bits per heavy atom. The predicted molar refractivity (Wildman–Crippen MR) is 75.7 cm³/mol. The molecular formula is C16H22N2O. The van der Waals surface area contributed by atoms with Crippen molar-refractivity contribution >= 4 is 5.91 Å². The maximum atomic E-state index is 12.5. The van der Waals surface area contributed by atoms with Gasteiger partial charge >= 0.3 is 0 Å².